The fourth-order valence-electron chi connectivity index (χ4n) is 1.17. The highest BCUT2D eigenvalue weighted by Gasteiger charge is 2.42. The van der Waals surface area contributed by atoms with Gasteiger partial charge in [-0.1, -0.05) is 12.2 Å². The van der Waals surface area contributed by atoms with Crippen LogP contribution in [0.2, 0.25) is 0 Å². The van der Waals surface area contributed by atoms with E-state index in [9.17, 15) is 27.2 Å². The topological polar surface area (TPSA) is 80.9 Å². The molecule has 3 N–H and O–H groups in total. The summed E-state index contributed by atoms with van der Waals surface area (Å²) < 4.78 is 50.8. The van der Waals surface area contributed by atoms with Gasteiger partial charge in [0, 0.05) is 6.54 Å². The number of H-pyrrole nitrogens is 1. The van der Waals surface area contributed by atoms with Crippen molar-refractivity contribution in [1.82, 2.24) is 9.55 Å². The molecule has 0 bridgehead atoms. The molecule has 0 aliphatic carbocycles. The van der Waals surface area contributed by atoms with Crippen molar-refractivity contribution in [2.24, 2.45) is 11.7 Å². The molecule has 0 amide bonds. The smallest absolute Gasteiger partial charge is 0.393 e. The molecule has 0 fully saturated rings. The number of thiocarbonyl (C=S) groups is 1. The van der Waals surface area contributed by atoms with Crippen LogP contribution in [0.5, 0.6) is 0 Å². The van der Waals surface area contributed by atoms with Crippen LogP contribution in [-0.2, 0) is 6.54 Å². The van der Waals surface area contributed by atoms with Gasteiger partial charge in [0.15, 0.2) is 0 Å². The van der Waals surface area contributed by atoms with Crippen LogP contribution in [0.4, 0.5) is 17.6 Å². The summed E-state index contributed by atoms with van der Waals surface area (Å²) in [6.45, 7) is -0.995. The van der Waals surface area contributed by atoms with Gasteiger partial charge in [-0.3, -0.25) is 14.3 Å². The monoisotopic (exact) mass is 285 g/mol. The summed E-state index contributed by atoms with van der Waals surface area (Å²) in [5.41, 5.74) is 2.43. The average molecular weight is 285 g/mol. The molecule has 0 aliphatic rings. The van der Waals surface area contributed by atoms with Gasteiger partial charge in [-0.25, -0.2) is 4.79 Å². The molecular formula is C8H7F4N3O2S. The third-order valence-corrected chi connectivity index (χ3v) is 2.37. The number of hydrogen-bond donors (Lipinski definition) is 2. The predicted molar refractivity (Wildman–Crippen MR) is 57.6 cm³/mol. The van der Waals surface area contributed by atoms with Crippen LogP contribution < -0.4 is 17.0 Å². The maximum absolute atomic E-state index is 12.9. The number of aromatic amines is 1. The van der Waals surface area contributed by atoms with E-state index in [1.807, 2.05) is 0 Å². The normalized spacial score (nSPS) is 13.3. The molecule has 0 spiro atoms. The average Bonchev–Trinajstić information content (AvgIpc) is 2.19. The minimum absolute atomic E-state index is 0.355. The Morgan fingerprint density at radius 2 is 2.06 bits per heavy atom. The quantitative estimate of drug-likeness (QED) is 0.611. The molecule has 1 unspecified atom stereocenters. The molecule has 0 aromatic carbocycles. The molecule has 0 saturated carbocycles. The van der Waals surface area contributed by atoms with E-state index in [1.54, 1.807) is 0 Å². The van der Waals surface area contributed by atoms with Crippen molar-refractivity contribution in [1.29, 1.82) is 0 Å². The fraction of sp³-hybridized carbons (Fsp3) is 0.375. The SMILES string of the molecule is NC(=S)C(Cn1cc(F)c(=O)[nH]c1=O)C(F)(F)F. The summed E-state index contributed by atoms with van der Waals surface area (Å²) >= 11 is 4.24. The second-order valence-electron chi connectivity index (χ2n) is 3.39. The van der Waals surface area contributed by atoms with E-state index in [-0.39, 0.29) is 0 Å². The van der Waals surface area contributed by atoms with E-state index >= 15 is 0 Å². The highest BCUT2D eigenvalue weighted by atomic mass is 32.1. The molecule has 5 nitrogen and oxygen atoms in total. The lowest BCUT2D eigenvalue weighted by Crippen LogP contribution is -2.41. The molecule has 1 atom stereocenters. The van der Waals surface area contributed by atoms with Gasteiger partial charge in [-0.2, -0.15) is 17.6 Å². The van der Waals surface area contributed by atoms with Crippen molar-refractivity contribution in [3.63, 3.8) is 0 Å². The first-order chi connectivity index (χ1) is 8.12. The Morgan fingerprint density at radius 3 is 2.50 bits per heavy atom. The zero-order valence-electron chi connectivity index (χ0n) is 8.62. The number of rotatable bonds is 3. The molecule has 10 heteroatoms. The summed E-state index contributed by atoms with van der Waals surface area (Å²) in [7, 11) is 0. The van der Waals surface area contributed by atoms with Crippen LogP contribution >= 0.6 is 12.2 Å². The van der Waals surface area contributed by atoms with Gasteiger partial charge in [0.05, 0.1) is 11.2 Å². The summed E-state index contributed by atoms with van der Waals surface area (Å²) in [5, 5.41) is 0. The molecule has 100 valence electrons. The first-order valence-corrected chi connectivity index (χ1v) is 4.89. The fourth-order valence-corrected chi connectivity index (χ4v) is 1.38. The van der Waals surface area contributed by atoms with Gasteiger partial charge >= 0.3 is 11.9 Å². The summed E-state index contributed by atoms with van der Waals surface area (Å²) in [6, 6.07) is 0. The van der Waals surface area contributed by atoms with Gasteiger partial charge < -0.3 is 5.73 Å². The van der Waals surface area contributed by atoms with Crippen LogP contribution in [0.3, 0.4) is 0 Å². The zero-order chi connectivity index (χ0) is 14.1. The van der Waals surface area contributed by atoms with Gasteiger partial charge in [0.1, 0.15) is 5.92 Å². The minimum atomic E-state index is -4.77. The van der Waals surface area contributed by atoms with E-state index < -0.39 is 40.7 Å². The molecule has 18 heavy (non-hydrogen) atoms. The van der Waals surface area contributed by atoms with Crippen molar-refractivity contribution < 1.29 is 17.6 Å². The number of nitrogens with one attached hydrogen (secondary N) is 1. The maximum Gasteiger partial charge on any atom is 0.399 e. The number of hydrogen-bond acceptors (Lipinski definition) is 3. The minimum Gasteiger partial charge on any atom is -0.393 e. The van der Waals surface area contributed by atoms with Gasteiger partial charge in [-0.15, -0.1) is 0 Å². The number of halogens is 4. The second-order valence-corrected chi connectivity index (χ2v) is 3.86. The van der Waals surface area contributed by atoms with E-state index in [2.05, 4.69) is 12.2 Å². The van der Waals surface area contributed by atoms with E-state index in [0.29, 0.717) is 10.8 Å². The summed E-state index contributed by atoms with van der Waals surface area (Å²) in [5.74, 6) is -3.66. The number of nitrogens with zero attached hydrogens (tertiary/aromatic N) is 1. The van der Waals surface area contributed by atoms with Crippen molar-refractivity contribution in [2.45, 2.75) is 12.7 Å². The molecule has 0 radical (unpaired) electrons. The van der Waals surface area contributed by atoms with Crippen molar-refractivity contribution >= 4 is 17.2 Å². The Kier molecular flexibility index (Phi) is 3.89. The lowest BCUT2D eigenvalue weighted by molar-refractivity contribution is -0.158. The third-order valence-electron chi connectivity index (χ3n) is 2.09. The highest BCUT2D eigenvalue weighted by molar-refractivity contribution is 7.80. The molecule has 1 rings (SSSR count). The summed E-state index contributed by atoms with van der Waals surface area (Å²) in [4.78, 5) is 22.5. The molecule has 0 aliphatic heterocycles. The van der Waals surface area contributed by atoms with Crippen LogP contribution in [0.25, 0.3) is 0 Å². The first kappa shape index (κ1) is 14.4. The number of nitrogens with two attached hydrogens (primary N) is 1. The Bertz CT molecular complexity index is 577. The van der Waals surface area contributed by atoms with Crippen LogP contribution in [0.1, 0.15) is 0 Å². The molecule has 1 heterocycles. The number of alkyl halides is 3. The Morgan fingerprint density at radius 1 is 1.50 bits per heavy atom. The standard InChI is InChI=1S/C8H7F4N3O2S/c9-4-2-15(7(17)14-6(4)16)1-3(5(13)18)8(10,11)12/h2-3H,1H2,(H2,13,18)(H,14,16,17). The predicted octanol–water partition coefficient (Wildman–Crippen LogP) is 0.140. The maximum atomic E-state index is 12.9. The lowest BCUT2D eigenvalue weighted by atomic mass is 10.1. The molecule has 1 aromatic rings. The third kappa shape index (κ3) is 3.15. The first-order valence-electron chi connectivity index (χ1n) is 4.48. The summed E-state index contributed by atoms with van der Waals surface area (Å²) in [6.07, 6.45) is -4.39. The van der Waals surface area contributed by atoms with Crippen molar-refractivity contribution in [2.75, 3.05) is 0 Å². The lowest BCUT2D eigenvalue weighted by Gasteiger charge is -2.19. The molecule has 0 saturated heterocycles. The van der Waals surface area contributed by atoms with Gasteiger partial charge in [0.2, 0.25) is 5.82 Å². The number of aromatic nitrogens is 2. The van der Waals surface area contributed by atoms with Crippen LogP contribution in [0, 0.1) is 11.7 Å². The molecular weight excluding hydrogens is 278 g/mol. The van der Waals surface area contributed by atoms with Crippen LogP contribution in [0.15, 0.2) is 15.8 Å². The largest absolute Gasteiger partial charge is 0.399 e. The van der Waals surface area contributed by atoms with E-state index in [4.69, 9.17) is 5.73 Å². The molecule has 1 aromatic heterocycles. The van der Waals surface area contributed by atoms with Crippen molar-refractivity contribution in [3.8, 4) is 0 Å². The van der Waals surface area contributed by atoms with Gasteiger partial charge in [-0.05, 0) is 0 Å². The highest BCUT2D eigenvalue weighted by Crippen LogP contribution is 2.27. The second kappa shape index (κ2) is 4.88. The zero-order valence-corrected chi connectivity index (χ0v) is 9.44. The van der Waals surface area contributed by atoms with Gasteiger partial charge in [0.25, 0.3) is 5.56 Å². The Hall–Kier alpha value is -1.71. The van der Waals surface area contributed by atoms with E-state index in [0.717, 1.165) is 0 Å². The van der Waals surface area contributed by atoms with Crippen molar-refractivity contribution in [3.05, 3.63) is 32.9 Å². The van der Waals surface area contributed by atoms with E-state index in [1.165, 1.54) is 4.98 Å². The Labute approximate surface area is 102 Å². The Balaban J connectivity index is 3.17. The van der Waals surface area contributed by atoms with Crippen LogP contribution in [-0.4, -0.2) is 20.7 Å².